The normalized spacial score (nSPS) is 10.0. The van der Waals surface area contributed by atoms with E-state index in [1.54, 1.807) is 0 Å². The van der Waals surface area contributed by atoms with Gasteiger partial charge in [0, 0.05) is 0 Å². The minimum Gasteiger partial charge on any atom is -0.462 e. The maximum absolute atomic E-state index is 11.6. The van der Waals surface area contributed by atoms with Gasteiger partial charge >= 0.3 is 5.97 Å². The molecular formula is C11H13NO4S. The summed E-state index contributed by atoms with van der Waals surface area (Å²) in [6, 6.07) is 4.36. The molecule has 0 aromatic heterocycles. The lowest BCUT2D eigenvalue weighted by Crippen LogP contribution is -2.09. The Morgan fingerprint density at radius 1 is 1.53 bits per heavy atom. The van der Waals surface area contributed by atoms with Crippen LogP contribution >= 0.6 is 12.6 Å². The molecule has 0 heterocycles. The first kappa shape index (κ1) is 13.5. The molecular weight excluding hydrogens is 242 g/mol. The Morgan fingerprint density at radius 3 is 2.82 bits per heavy atom. The Kier molecular flexibility index (Phi) is 4.96. The van der Waals surface area contributed by atoms with Gasteiger partial charge in [0.25, 0.3) is 5.69 Å². The van der Waals surface area contributed by atoms with E-state index < -0.39 is 10.9 Å². The molecule has 0 saturated heterocycles. The summed E-state index contributed by atoms with van der Waals surface area (Å²) >= 11 is 3.96. The first-order chi connectivity index (χ1) is 8.07. The van der Waals surface area contributed by atoms with Crippen LogP contribution in [0.15, 0.2) is 23.1 Å². The van der Waals surface area contributed by atoms with Crippen molar-refractivity contribution >= 4 is 24.3 Å². The smallest absolute Gasteiger partial charge is 0.345 e. The van der Waals surface area contributed by atoms with Gasteiger partial charge in [-0.05, 0) is 18.6 Å². The Morgan fingerprint density at radius 2 is 2.24 bits per heavy atom. The van der Waals surface area contributed by atoms with Crippen molar-refractivity contribution in [1.82, 2.24) is 0 Å². The van der Waals surface area contributed by atoms with Gasteiger partial charge in [0.15, 0.2) is 0 Å². The molecule has 1 aromatic carbocycles. The highest BCUT2D eigenvalue weighted by Gasteiger charge is 2.23. The number of nitro benzene ring substituents is 1. The van der Waals surface area contributed by atoms with Crippen LogP contribution in [0, 0.1) is 10.1 Å². The van der Waals surface area contributed by atoms with Crippen LogP contribution in [-0.2, 0) is 4.74 Å². The molecule has 0 aliphatic carbocycles. The molecule has 0 fully saturated rings. The second-order valence-corrected chi connectivity index (χ2v) is 3.90. The van der Waals surface area contributed by atoms with E-state index in [2.05, 4.69) is 12.6 Å². The number of para-hydroxylation sites is 1. The number of carbonyl (C=O) groups is 1. The number of hydrogen-bond donors (Lipinski definition) is 1. The minimum atomic E-state index is -0.680. The fourth-order valence-electron chi connectivity index (χ4n) is 1.27. The van der Waals surface area contributed by atoms with Crippen molar-refractivity contribution in [3.8, 4) is 0 Å². The number of benzene rings is 1. The second-order valence-electron chi connectivity index (χ2n) is 3.42. The molecule has 0 saturated carbocycles. The standard InChI is InChI=1S/C11H13NO4S/c1-2-3-7-16-11(13)8-5-4-6-9(17)10(8)12(14)15/h4-6,17H,2-3,7H2,1H3. The average Bonchev–Trinajstić information content (AvgIpc) is 2.28. The van der Waals surface area contributed by atoms with Crippen LogP contribution in [0.4, 0.5) is 5.69 Å². The summed E-state index contributed by atoms with van der Waals surface area (Å²) in [6.45, 7) is 2.23. The van der Waals surface area contributed by atoms with E-state index >= 15 is 0 Å². The Hall–Kier alpha value is -1.56. The fraction of sp³-hybridized carbons (Fsp3) is 0.364. The maximum atomic E-state index is 11.6. The first-order valence-electron chi connectivity index (χ1n) is 5.21. The molecule has 0 N–H and O–H groups in total. The highest BCUT2D eigenvalue weighted by molar-refractivity contribution is 7.80. The Labute approximate surface area is 104 Å². The number of nitro groups is 1. The molecule has 1 aromatic rings. The number of thiol groups is 1. The number of carbonyl (C=O) groups excluding carboxylic acids is 1. The highest BCUT2D eigenvalue weighted by atomic mass is 32.1. The monoisotopic (exact) mass is 255 g/mol. The quantitative estimate of drug-likeness (QED) is 0.289. The molecule has 0 unspecified atom stereocenters. The van der Waals surface area contributed by atoms with E-state index in [-0.39, 0.29) is 22.8 Å². The lowest BCUT2D eigenvalue weighted by atomic mass is 10.2. The van der Waals surface area contributed by atoms with Crippen molar-refractivity contribution in [2.75, 3.05) is 6.61 Å². The van der Waals surface area contributed by atoms with Gasteiger partial charge in [0.1, 0.15) is 5.56 Å². The van der Waals surface area contributed by atoms with Gasteiger partial charge in [-0.2, -0.15) is 0 Å². The molecule has 0 bridgehead atoms. The number of nitrogens with zero attached hydrogens (tertiary/aromatic N) is 1. The van der Waals surface area contributed by atoms with Crippen molar-refractivity contribution < 1.29 is 14.5 Å². The number of rotatable bonds is 5. The van der Waals surface area contributed by atoms with Crippen LogP contribution in [0.2, 0.25) is 0 Å². The second kappa shape index (κ2) is 6.24. The number of unbranched alkanes of at least 4 members (excludes halogenated alkanes) is 1. The average molecular weight is 255 g/mol. The van der Waals surface area contributed by atoms with E-state index in [1.165, 1.54) is 18.2 Å². The molecule has 0 aliphatic rings. The summed E-state index contributed by atoms with van der Waals surface area (Å²) in [5, 5.41) is 10.8. The first-order valence-corrected chi connectivity index (χ1v) is 5.66. The predicted molar refractivity (Wildman–Crippen MR) is 65.5 cm³/mol. The number of hydrogen-bond acceptors (Lipinski definition) is 5. The zero-order valence-electron chi connectivity index (χ0n) is 9.38. The van der Waals surface area contributed by atoms with Crippen LogP contribution in [0.5, 0.6) is 0 Å². The van der Waals surface area contributed by atoms with E-state index in [4.69, 9.17) is 4.74 Å². The lowest BCUT2D eigenvalue weighted by molar-refractivity contribution is -0.388. The third kappa shape index (κ3) is 3.45. The van der Waals surface area contributed by atoms with Crippen molar-refractivity contribution in [2.24, 2.45) is 0 Å². The van der Waals surface area contributed by atoms with Crippen molar-refractivity contribution in [3.05, 3.63) is 33.9 Å². The van der Waals surface area contributed by atoms with Crippen LogP contribution in [-0.4, -0.2) is 17.5 Å². The molecule has 0 spiro atoms. The molecule has 0 radical (unpaired) electrons. The minimum absolute atomic E-state index is 0.0568. The number of esters is 1. The summed E-state index contributed by atoms with van der Waals surface area (Å²) in [5.74, 6) is -0.680. The van der Waals surface area contributed by atoms with Gasteiger partial charge < -0.3 is 4.74 Å². The van der Waals surface area contributed by atoms with Gasteiger partial charge in [-0.1, -0.05) is 19.4 Å². The summed E-state index contributed by atoms with van der Waals surface area (Å²) in [4.78, 5) is 22.0. The third-order valence-electron chi connectivity index (χ3n) is 2.15. The lowest BCUT2D eigenvalue weighted by Gasteiger charge is -2.05. The van der Waals surface area contributed by atoms with Crippen molar-refractivity contribution in [1.29, 1.82) is 0 Å². The molecule has 0 aliphatic heterocycles. The summed E-state index contributed by atoms with van der Waals surface area (Å²) in [7, 11) is 0. The van der Waals surface area contributed by atoms with Gasteiger partial charge in [0.05, 0.1) is 16.4 Å². The Balaban J connectivity index is 2.93. The zero-order chi connectivity index (χ0) is 12.8. The predicted octanol–water partition coefficient (Wildman–Crippen LogP) is 2.84. The van der Waals surface area contributed by atoms with E-state index in [0.29, 0.717) is 0 Å². The molecule has 17 heavy (non-hydrogen) atoms. The molecule has 1 rings (SSSR count). The van der Waals surface area contributed by atoms with E-state index in [9.17, 15) is 14.9 Å². The zero-order valence-corrected chi connectivity index (χ0v) is 10.3. The van der Waals surface area contributed by atoms with Crippen LogP contribution in [0.3, 0.4) is 0 Å². The fourth-order valence-corrected chi connectivity index (χ4v) is 1.56. The third-order valence-corrected chi connectivity index (χ3v) is 2.51. The molecule has 0 amide bonds. The van der Waals surface area contributed by atoms with Crippen LogP contribution in [0.25, 0.3) is 0 Å². The summed E-state index contributed by atoms with van der Waals surface area (Å²) in [5.41, 5.74) is -0.365. The molecule has 0 atom stereocenters. The van der Waals surface area contributed by atoms with Gasteiger partial charge in [-0.15, -0.1) is 12.6 Å². The van der Waals surface area contributed by atoms with Gasteiger partial charge in [-0.3, -0.25) is 10.1 Å². The summed E-state index contributed by atoms with van der Waals surface area (Å²) in [6.07, 6.45) is 1.63. The highest BCUT2D eigenvalue weighted by Crippen LogP contribution is 2.27. The van der Waals surface area contributed by atoms with Crippen LogP contribution < -0.4 is 0 Å². The molecule has 5 nitrogen and oxygen atoms in total. The largest absolute Gasteiger partial charge is 0.462 e. The van der Waals surface area contributed by atoms with Crippen molar-refractivity contribution in [3.63, 3.8) is 0 Å². The van der Waals surface area contributed by atoms with E-state index in [0.717, 1.165) is 12.8 Å². The maximum Gasteiger partial charge on any atom is 0.345 e. The van der Waals surface area contributed by atoms with Crippen LogP contribution in [0.1, 0.15) is 30.1 Å². The SMILES string of the molecule is CCCCOC(=O)c1cccc(S)c1[N+](=O)[O-]. The topological polar surface area (TPSA) is 69.4 Å². The summed E-state index contributed by atoms with van der Waals surface area (Å²) < 4.78 is 4.94. The van der Waals surface area contributed by atoms with Gasteiger partial charge in [-0.25, -0.2) is 4.79 Å². The molecule has 6 heteroatoms. The Bertz CT molecular complexity index is 433. The number of ether oxygens (including phenoxy) is 1. The van der Waals surface area contributed by atoms with E-state index in [1.807, 2.05) is 6.92 Å². The molecule has 92 valence electrons. The van der Waals surface area contributed by atoms with Gasteiger partial charge in [0.2, 0.25) is 0 Å². The van der Waals surface area contributed by atoms with Crippen molar-refractivity contribution in [2.45, 2.75) is 24.7 Å².